The molecule has 2 fully saturated rings. The highest BCUT2D eigenvalue weighted by Gasteiger charge is 2.50. The van der Waals surface area contributed by atoms with Gasteiger partial charge in [-0.05, 0) is 57.0 Å². The number of benzene rings is 1. The number of hydrogen-bond acceptors (Lipinski definition) is 24. The van der Waals surface area contributed by atoms with Crippen LogP contribution in [0.1, 0.15) is 58.1 Å². The van der Waals surface area contributed by atoms with Crippen molar-refractivity contribution in [1.82, 2.24) is 39.7 Å². The van der Waals surface area contributed by atoms with Crippen LogP contribution in [0.25, 0.3) is 21.6 Å². The van der Waals surface area contributed by atoms with E-state index in [1.807, 2.05) is 0 Å². The summed E-state index contributed by atoms with van der Waals surface area (Å²) in [6.45, 7) is 2.90. The zero-order chi connectivity index (χ0) is 54.0. The summed E-state index contributed by atoms with van der Waals surface area (Å²) in [6.07, 6.45) is -7.73. The molecule has 404 valence electrons. The Morgan fingerprint density at radius 2 is 1.74 bits per heavy atom. The van der Waals surface area contributed by atoms with Gasteiger partial charge in [-0.25, -0.2) is 43.3 Å². The van der Waals surface area contributed by atoms with Crippen LogP contribution in [0.4, 0.5) is 26.9 Å². The predicted molar refractivity (Wildman–Crippen MR) is 260 cm³/mol. The van der Waals surface area contributed by atoms with Gasteiger partial charge < -0.3 is 65.6 Å². The van der Waals surface area contributed by atoms with E-state index in [-0.39, 0.29) is 55.2 Å². The number of nitrogens with zero attached hydrogens (tertiary/aromatic N) is 9. The number of nitrogens with one attached hydrogen (secondary N) is 2. The molecule has 0 radical (unpaired) electrons. The zero-order valence-electron chi connectivity index (χ0n) is 39.7. The van der Waals surface area contributed by atoms with Gasteiger partial charge in [-0.1, -0.05) is 51.0 Å². The van der Waals surface area contributed by atoms with Crippen molar-refractivity contribution >= 4 is 83.9 Å². The number of anilines is 2. The fourth-order valence-corrected chi connectivity index (χ4v) is 10.6. The Morgan fingerprint density at radius 3 is 2.42 bits per heavy atom. The van der Waals surface area contributed by atoms with Crippen molar-refractivity contribution in [3.05, 3.63) is 75.7 Å². The molecule has 0 spiro atoms. The predicted octanol–water partition coefficient (Wildman–Crippen LogP) is 3.24. The number of carbonyl (C=O) groups is 3. The molecule has 35 heteroatoms. The number of aliphatic hydroxyl groups is 1. The second-order valence-corrected chi connectivity index (χ2v) is 22.5. The number of ether oxygens (including phenoxy) is 5. The Balaban J connectivity index is 1.19. The second-order valence-electron chi connectivity index (χ2n) is 17.1. The molecule has 4 aromatic rings. The average molecular weight is 1120 g/mol. The summed E-state index contributed by atoms with van der Waals surface area (Å²) in [7, 11) is -7.71. The maximum Gasteiger partial charge on any atom is 0.472 e. The Bertz CT molecular complexity index is 2820. The van der Waals surface area contributed by atoms with E-state index >= 15 is 0 Å². The summed E-state index contributed by atoms with van der Waals surface area (Å²) in [6, 6.07) is 6.15. The number of aromatic nitrogens is 6. The molecule has 2 amide bonds. The van der Waals surface area contributed by atoms with E-state index < -0.39 is 113 Å². The van der Waals surface area contributed by atoms with Crippen molar-refractivity contribution < 1.29 is 80.6 Å². The lowest BCUT2D eigenvalue weighted by molar-refractivity contribution is -0.159. The molecule has 2 unspecified atom stereocenters. The van der Waals surface area contributed by atoms with Crippen molar-refractivity contribution in [3.63, 3.8) is 0 Å². The number of esters is 1. The van der Waals surface area contributed by atoms with Crippen molar-refractivity contribution in [2.75, 3.05) is 37.5 Å². The van der Waals surface area contributed by atoms with E-state index in [1.54, 1.807) is 51.3 Å². The summed E-state index contributed by atoms with van der Waals surface area (Å²) in [5.41, 5.74) is 19.5. The molecule has 0 aliphatic carbocycles. The van der Waals surface area contributed by atoms with E-state index in [9.17, 15) is 48.1 Å². The number of aliphatic hydroxyl groups excluding tert-OH is 1. The van der Waals surface area contributed by atoms with Crippen molar-refractivity contribution in [3.8, 4) is 0 Å². The first-order chi connectivity index (χ1) is 34.9. The van der Waals surface area contributed by atoms with Crippen LogP contribution in [0.15, 0.2) is 59.1 Å². The molecule has 2 aliphatic heterocycles. The first-order valence-electron chi connectivity index (χ1n) is 22.0. The molecule has 10 atom stereocenters. The summed E-state index contributed by atoms with van der Waals surface area (Å²) in [4.78, 5) is 101. The molecule has 2 saturated heterocycles. The van der Waals surface area contributed by atoms with Gasteiger partial charge in [0.2, 0.25) is 0 Å². The van der Waals surface area contributed by atoms with E-state index in [0.717, 1.165) is 10.9 Å². The standard InChI is InChI=1S/C39H53N13O18P2S2/c1-39(2,3)69-38(57)47-23(10-9-22(74-73-4)14-43-37(56)63-15-20-5-7-21(8-6-20)49-50-42)35(54)68-31-26(67-34(30(31)53)52-19-46-29-32(41)44-18-45-33(29)52)17-65-72(61,62)70-24-13-28(51-12-11-27(40)48-36(51)55)66-25(24)16-64-71(58,59)60/h5-8,11-12,18-19,22-26,28,30-31,34,53H,9-10,13-17H2,1-4H3,(H,43,56)(H,47,57)(H,61,62)(H2,40,48,55)(H2,41,44,45)(H2,58,59,60)/t22-,23-,24-,25+,26+,28+,30+,31+,34?/m0/s1. The fraction of sp³-hybridized carbons (Fsp3) is 0.538. The van der Waals surface area contributed by atoms with Crippen LogP contribution in [0, 0.1) is 0 Å². The van der Waals surface area contributed by atoms with E-state index in [4.69, 9.17) is 49.7 Å². The highest BCUT2D eigenvalue weighted by molar-refractivity contribution is 8.76. The monoisotopic (exact) mass is 1120 g/mol. The number of nitrogen functional groups attached to an aromatic ring is 2. The summed E-state index contributed by atoms with van der Waals surface area (Å²) in [5.74, 6) is -1.28. The van der Waals surface area contributed by atoms with Crippen LogP contribution in [-0.2, 0) is 57.8 Å². The third-order valence-electron chi connectivity index (χ3n) is 10.6. The first-order valence-corrected chi connectivity index (χ1v) is 27.6. The number of carbonyl (C=O) groups excluding carboxylic acids is 3. The van der Waals surface area contributed by atoms with Crippen LogP contribution >= 0.6 is 37.2 Å². The highest BCUT2D eigenvalue weighted by atomic mass is 33.1. The molecule has 6 rings (SSSR count). The molecule has 2 aliphatic rings. The smallest absolute Gasteiger partial charge is 0.455 e. The summed E-state index contributed by atoms with van der Waals surface area (Å²) in [5, 5.41) is 20.2. The van der Waals surface area contributed by atoms with Gasteiger partial charge in [0.05, 0.1) is 19.5 Å². The molecule has 3 aromatic heterocycles. The maximum atomic E-state index is 14.3. The Kier molecular flexibility index (Phi) is 19.7. The summed E-state index contributed by atoms with van der Waals surface area (Å²) < 4.78 is 71.4. The summed E-state index contributed by atoms with van der Waals surface area (Å²) >= 11 is 0. The number of imidazole rings is 1. The van der Waals surface area contributed by atoms with Crippen LogP contribution in [-0.4, -0.2) is 140 Å². The van der Waals surface area contributed by atoms with Gasteiger partial charge in [0.15, 0.2) is 23.8 Å². The van der Waals surface area contributed by atoms with Gasteiger partial charge in [-0.2, -0.15) is 4.98 Å². The molecule has 1 aromatic carbocycles. The van der Waals surface area contributed by atoms with Gasteiger partial charge in [0.25, 0.3) is 0 Å². The molecule has 10 N–H and O–H groups in total. The van der Waals surface area contributed by atoms with Crippen LogP contribution in [0.2, 0.25) is 0 Å². The highest BCUT2D eigenvalue weighted by Crippen LogP contribution is 2.50. The van der Waals surface area contributed by atoms with Crippen molar-refractivity contribution in [2.24, 2.45) is 5.11 Å². The molecule has 0 saturated carbocycles. The van der Waals surface area contributed by atoms with E-state index in [2.05, 4.69) is 45.1 Å². The van der Waals surface area contributed by atoms with E-state index in [0.29, 0.717) is 11.3 Å². The van der Waals surface area contributed by atoms with Crippen molar-refractivity contribution in [2.45, 2.75) is 107 Å². The lowest BCUT2D eigenvalue weighted by Crippen LogP contribution is -2.48. The second kappa shape index (κ2) is 25.3. The molecule has 31 nitrogen and oxygen atoms in total. The minimum absolute atomic E-state index is 0.0288. The fourth-order valence-electron chi connectivity index (χ4n) is 7.30. The maximum absolute atomic E-state index is 14.3. The van der Waals surface area contributed by atoms with Crippen LogP contribution in [0.3, 0.4) is 0 Å². The minimum atomic E-state index is -5.31. The lowest BCUT2D eigenvalue weighted by Gasteiger charge is -2.27. The number of amides is 2. The van der Waals surface area contributed by atoms with Gasteiger partial charge in [-0.15, -0.1) is 0 Å². The van der Waals surface area contributed by atoms with Gasteiger partial charge in [-0.3, -0.25) is 22.7 Å². The van der Waals surface area contributed by atoms with Crippen LogP contribution in [0.5, 0.6) is 0 Å². The number of rotatable bonds is 23. The average Bonchev–Trinajstić information content (AvgIpc) is 4.02. The minimum Gasteiger partial charge on any atom is -0.455 e. The Morgan fingerprint density at radius 1 is 1.01 bits per heavy atom. The number of phosphoric ester groups is 2. The van der Waals surface area contributed by atoms with Gasteiger partial charge in [0.1, 0.15) is 66.6 Å². The van der Waals surface area contributed by atoms with Crippen molar-refractivity contribution in [1.29, 1.82) is 0 Å². The number of hydrogen-bond donors (Lipinski definition) is 8. The van der Waals surface area contributed by atoms with Gasteiger partial charge in [0, 0.05) is 35.0 Å². The third kappa shape index (κ3) is 16.4. The number of fused-ring (bicyclic) bond motifs is 1. The quantitative estimate of drug-likeness (QED) is 0.0100. The Labute approximate surface area is 427 Å². The molecule has 0 bridgehead atoms. The molecular formula is C39H53N13O18P2S2. The SMILES string of the molecule is CSS[C@@H](CC[C@H](NC(=O)OC(C)(C)C)C(=O)O[C@@H]1[C@@H](COP(=O)(O)O[C@H]2C[C@H](n3ccc(N)nc3=O)O[C@@H]2COP(=O)(O)O)OC(n2cnc3c(N)ncnc32)[C@@H]1O)CNC(=O)OCc1ccc(N=[N+]=[N-])cc1. The topological polar surface area (TPSA) is 443 Å². The molecular weight excluding hydrogens is 1060 g/mol. The third-order valence-corrected chi connectivity index (χ3v) is 14.3. The first kappa shape index (κ1) is 57.6. The normalized spacial score (nSPS) is 22.5. The van der Waals surface area contributed by atoms with Gasteiger partial charge >= 0.3 is 39.5 Å². The lowest BCUT2D eigenvalue weighted by atomic mass is 10.1. The zero-order valence-corrected chi connectivity index (χ0v) is 43.1. The van der Waals surface area contributed by atoms with Crippen LogP contribution < -0.4 is 27.8 Å². The Hall–Kier alpha value is -5.63. The number of nitrogens with two attached hydrogens (primary N) is 2. The molecule has 74 heavy (non-hydrogen) atoms. The number of azide groups is 1. The molecule has 5 heterocycles. The number of phosphoric acid groups is 2. The largest absolute Gasteiger partial charge is 0.472 e. The number of alkyl carbamates (subject to hydrolysis) is 2. The van der Waals surface area contributed by atoms with E-state index in [1.165, 1.54) is 44.7 Å².